The first-order valence-electron chi connectivity index (χ1n) is 5.97. The van der Waals surface area contributed by atoms with Gasteiger partial charge < -0.3 is 5.73 Å². The summed E-state index contributed by atoms with van der Waals surface area (Å²) in [5, 5.41) is 1.91. The van der Waals surface area contributed by atoms with Gasteiger partial charge in [-0.3, -0.25) is 0 Å². The Kier molecular flexibility index (Phi) is 6.48. The van der Waals surface area contributed by atoms with Gasteiger partial charge in [0.15, 0.2) is 0 Å². The predicted octanol–water partition coefficient (Wildman–Crippen LogP) is 0.735. The molecule has 0 bridgehead atoms. The minimum absolute atomic E-state index is 0.322. The van der Waals surface area contributed by atoms with Crippen LogP contribution >= 0.6 is 11.3 Å². The van der Waals surface area contributed by atoms with Crippen molar-refractivity contribution in [2.45, 2.75) is 19.9 Å². The molecule has 1 rings (SSSR count). The molecule has 106 valence electrons. The number of hydrogen-bond acceptors (Lipinski definition) is 4. The molecule has 0 spiro atoms. The van der Waals surface area contributed by atoms with E-state index in [2.05, 4.69) is 16.6 Å². The van der Waals surface area contributed by atoms with Crippen LogP contribution in [0.15, 0.2) is 11.4 Å². The molecule has 0 aliphatic heterocycles. The second kappa shape index (κ2) is 7.62. The molecule has 0 aromatic carbocycles. The summed E-state index contributed by atoms with van der Waals surface area (Å²) in [7, 11) is -1.84. The Morgan fingerprint density at radius 3 is 2.89 bits per heavy atom. The van der Waals surface area contributed by atoms with Gasteiger partial charge in [0.1, 0.15) is 0 Å². The van der Waals surface area contributed by atoms with E-state index in [1.54, 1.807) is 7.05 Å². The van der Waals surface area contributed by atoms with Gasteiger partial charge >= 0.3 is 0 Å². The fraction of sp³-hybridized carbons (Fsp3) is 0.500. The highest BCUT2D eigenvalue weighted by Crippen LogP contribution is 2.15. The summed E-state index contributed by atoms with van der Waals surface area (Å²) in [6, 6.07) is 1.89. The lowest BCUT2D eigenvalue weighted by atomic mass is 10.3. The lowest BCUT2D eigenvalue weighted by Crippen LogP contribution is -2.37. The highest BCUT2D eigenvalue weighted by Gasteiger charge is 2.17. The van der Waals surface area contributed by atoms with Crippen molar-refractivity contribution in [2.24, 2.45) is 5.73 Å². The molecule has 0 fully saturated rings. The van der Waals surface area contributed by atoms with E-state index in [0.29, 0.717) is 19.6 Å². The van der Waals surface area contributed by atoms with Crippen molar-refractivity contribution in [1.29, 1.82) is 0 Å². The molecule has 7 heteroatoms. The fourth-order valence-corrected chi connectivity index (χ4v) is 3.12. The number of thiophene rings is 1. The SMILES string of the molecule is CCCNS(=O)(=O)N(C)Cc1csc(C#CCN)c1. The number of nitrogens with zero attached hydrogens (tertiary/aromatic N) is 1. The molecular formula is C12H19N3O2S2. The van der Waals surface area contributed by atoms with Gasteiger partial charge in [-0.25, -0.2) is 4.72 Å². The second-order valence-corrected chi connectivity index (χ2v) is 6.75. The number of nitrogens with two attached hydrogens (primary N) is 1. The molecular weight excluding hydrogens is 282 g/mol. The van der Waals surface area contributed by atoms with Crippen molar-refractivity contribution in [3.63, 3.8) is 0 Å². The van der Waals surface area contributed by atoms with Crippen LogP contribution < -0.4 is 10.5 Å². The Bertz CT molecular complexity index is 555. The number of hydrogen-bond donors (Lipinski definition) is 2. The molecule has 0 amide bonds. The van der Waals surface area contributed by atoms with E-state index >= 15 is 0 Å². The van der Waals surface area contributed by atoms with Crippen molar-refractivity contribution in [1.82, 2.24) is 9.03 Å². The van der Waals surface area contributed by atoms with Crippen LogP contribution in [-0.2, 0) is 16.8 Å². The maximum atomic E-state index is 11.8. The Morgan fingerprint density at radius 2 is 2.26 bits per heavy atom. The molecule has 0 saturated heterocycles. The third-order valence-electron chi connectivity index (χ3n) is 2.32. The molecule has 19 heavy (non-hydrogen) atoms. The lowest BCUT2D eigenvalue weighted by molar-refractivity contribution is 0.455. The van der Waals surface area contributed by atoms with E-state index in [1.807, 2.05) is 18.4 Å². The molecule has 0 atom stereocenters. The summed E-state index contributed by atoms with van der Waals surface area (Å²) < 4.78 is 27.5. The van der Waals surface area contributed by atoms with Crippen LogP contribution in [0, 0.1) is 11.8 Å². The average molecular weight is 301 g/mol. The van der Waals surface area contributed by atoms with Crippen molar-refractivity contribution in [3.05, 3.63) is 21.9 Å². The summed E-state index contributed by atoms with van der Waals surface area (Å²) in [5.74, 6) is 5.70. The minimum atomic E-state index is -3.40. The minimum Gasteiger partial charge on any atom is -0.320 e. The zero-order valence-corrected chi connectivity index (χ0v) is 12.8. The second-order valence-electron chi connectivity index (χ2n) is 3.98. The highest BCUT2D eigenvalue weighted by molar-refractivity contribution is 7.87. The Balaban J connectivity index is 2.66. The quantitative estimate of drug-likeness (QED) is 0.761. The largest absolute Gasteiger partial charge is 0.320 e. The Hall–Kier alpha value is -0.910. The fourth-order valence-electron chi connectivity index (χ4n) is 1.35. The predicted molar refractivity (Wildman–Crippen MR) is 78.9 cm³/mol. The summed E-state index contributed by atoms with van der Waals surface area (Å²) in [4.78, 5) is 0.896. The topological polar surface area (TPSA) is 75.4 Å². The first kappa shape index (κ1) is 16.1. The van der Waals surface area contributed by atoms with Crippen LogP contribution in [0.2, 0.25) is 0 Å². The molecule has 1 aromatic heterocycles. The molecule has 1 aromatic rings. The van der Waals surface area contributed by atoms with E-state index in [9.17, 15) is 8.42 Å². The van der Waals surface area contributed by atoms with Gasteiger partial charge in [0.2, 0.25) is 0 Å². The van der Waals surface area contributed by atoms with Crippen molar-refractivity contribution in [3.8, 4) is 11.8 Å². The van der Waals surface area contributed by atoms with E-state index in [0.717, 1.165) is 16.9 Å². The highest BCUT2D eigenvalue weighted by atomic mass is 32.2. The van der Waals surface area contributed by atoms with E-state index in [1.165, 1.54) is 15.6 Å². The monoisotopic (exact) mass is 301 g/mol. The molecule has 0 unspecified atom stereocenters. The van der Waals surface area contributed by atoms with Crippen LogP contribution in [0.5, 0.6) is 0 Å². The Morgan fingerprint density at radius 1 is 1.53 bits per heavy atom. The van der Waals surface area contributed by atoms with E-state index in [-0.39, 0.29) is 0 Å². The van der Waals surface area contributed by atoms with Crippen molar-refractivity contribution < 1.29 is 8.42 Å². The number of nitrogens with one attached hydrogen (secondary N) is 1. The normalized spacial score (nSPS) is 11.4. The molecule has 0 aliphatic rings. The van der Waals surface area contributed by atoms with Gasteiger partial charge in [0.05, 0.1) is 11.4 Å². The van der Waals surface area contributed by atoms with E-state index < -0.39 is 10.2 Å². The molecule has 5 nitrogen and oxygen atoms in total. The van der Waals surface area contributed by atoms with Gasteiger partial charge in [-0.15, -0.1) is 11.3 Å². The molecule has 0 aliphatic carbocycles. The maximum absolute atomic E-state index is 11.8. The van der Waals surface area contributed by atoms with Crippen LogP contribution in [0.3, 0.4) is 0 Å². The van der Waals surface area contributed by atoms with Crippen LogP contribution in [0.4, 0.5) is 0 Å². The average Bonchev–Trinajstić information content (AvgIpc) is 2.81. The summed E-state index contributed by atoms with van der Waals surface area (Å²) in [5.41, 5.74) is 6.23. The van der Waals surface area contributed by atoms with Crippen LogP contribution in [-0.4, -0.2) is 32.9 Å². The van der Waals surface area contributed by atoms with Crippen molar-refractivity contribution >= 4 is 21.5 Å². The molecule has 0 saturated carbocycles. The zero-order valence-electron chi connectivity index (χ0n) is 11.1. The standard InChI is InChI=1S/C12H19N3O2S2/c1-3-7-14-19(16,17)15(2)9-11-8-12(18-10-11)5-4-6-13/h8,10,14H,3,6-7,9,13H2,1-2H3. The third-order valence-corrected chi connectivity index (χ3v) is 4.73. The van der Waals surface area contributed by atoms with Gasteiger partial charge in [-0.2, -0.15) is 12.7 Å². The molecule has 1 heterocycles. The zero-order chi connectivity index (χ0) is 14.3. The first-order chi connectivity index (χ1) is 8.99. The summed E-state index contributed by atoms with van der Waals surface area (Å²) >= 11 is 1.49. The summed E-state index contributed by atoms with van der Waals surface area (Å²) in [6.45, 7) is 3.02. The van der Waals surface area contributed by atoms with Crippen molar-refractivity contribution in [2.75, 3.05) is 20.1 Å². The van der Waals surface area contributed by atoms with E-state index in [4.69, 9.17) is 5.73 Å². The van der Waals surface area contributed by atoms with Gasteiger partial charge in [0.25, 0.3) is 10.2 Å². The maximum Gasteiger partial charge on any atom is 0.279 e. The first-order valence-corrected chi connectivity index (χ1v) is 8.29. The number of rotatable bonds is 6. The van der Waals surface area contributed by atoms with Gasteiger partial charge in [-0.05, 0) is 23.4 Å². The molecule has 3 N–H and O–H groups in total. The third kappa shape index (κ3) is 5.30. The van der Waals surface area contributed by atoms with Gasteiger partial charge in [0, 0.05) is 20.1 Å². The van der Waals surface area contributed by atoms with Crippen LogP contribution in [0.25, 0.3) is 0 Å². The Labute approximate surface area is 119 Å². The summed E-state index contributed by atoms with van der Waals surface area (Å²) in [6.07, 6.45) is 0.768. The smallest absolute Gasteiger partial charge is 0.279 e. The van der Waals surface area contributed by atoms with Crippen LogP contribution in [0.1, 0.15) is 23.8 Å². The lowest BCUT2D eigenvalue weighted by Gasteiger charge is -2.16. The van der Waals surface area contributed by atoms with Gasteiger partial charge in [-0.1, -0.05) is 18.8 Å². The molecule has 0 radical (unpaired) electrons.